The number of likely N-dealkylation sites (tertiary alicyclic amines) is 1. The highest BCUT2D eigenvalue weighted by Crippen LogP contribution is 2.30. The zero-order valence-electron chi connectivity index (χ0n) is 17.3. The lowest BCUT2D eigenvalue weighted by Crippen LogP contribution is -2.53. The number of halogens is 3. The van der Waals surface area contributed by atoms with E-state index in [-0.39, 0.29) is 42.8 Å². The zero-order chi connectivity index (χ0) is 23.8. The number of benzene rings is 2. The Morgan fingerprint density at radius 1 is 1.18 bits per heavy atom. The molecule has 2 aliphatic heterocycles. The maximum absolute atomic E-state index is 13.4. The van der Waals surface area contributed by atoms with Gasteiger partial charge in [0, 0.05) is 18.5 Å². The summed E-state index contributed by atoms with van der Waals surface area (Å²) in [4.78, 5) is 39.8. The molecule has 174 valence electrons. The minimum Gasteiger partial charge on any atom is -0.508 e. The molecule has 2 aliphatic rings. The van der Waals surface area contributed by atoms with E-state index in [1.807, 2.05) is 0 Å². The number of hydrogen-bond donors (Lipinski definition) is 2. The highest BCUT2D eigenvalue weighted by molar-refractivity contribution is 5.99. The van der Waals surface area contributed by atoms with E-state index in [0.29, 0.717) is 12.0 Å². The molecule has 2 heterocycles. The van der Waals surface area contributed by atoms with Crippen LogP contribution in [0.25, 0.3) is 0 Å². The van der Waals surface area contributed by atoms with E-state index in [0.717, 1.165) is 24.3 Å². The van der Waals surface area contributed by atoms with Gasteiger partial charge in [0.1, 0.15) is 24.4 Å². The molecule has 4 rings (SSSR count). The van der Waals surface area contributed by atoms with E-state index in [1.54, 1.807) is 12.1 Å². The van der Waals surface area contributed by atoms with Crippen LogP contribution in [-0.2, 0) is 26.9 Å². The maximum atomic E-state index is 13.4. The average Bonchev–Trinajstić information content (AvgIpc) is 3.35. The van der Waals surface area contributed by atoms with Crippen LogP contribution in [0.15, 0.2) is 48.5 Å². The predicted octanol–water partition coefficient (Wildman–Crippen LogP) is 2.32. The molecule has 2 aromatic rings. The van der Waals surface area contributed by atoms with Crippen molar-refractivity contribution in [1.82, 2.24) is 10.2 Å². The van der Waals surface area contributed by atoms with E-state index >= 15 is 0 Å². The first kappa shape index (κ1) is 22.8. The van der Waals surface area contributed by atoms with Gasteiger partial charge in [0.15, 0.2) is 5.78 Å². The molecule has 2 saturated heterocycles. The van der Waals surface area contributed by atoms with Crippen molar-refractivity contribution in [3.63, 3.8) is 0 Å². The number of amides is 2. The molecule has 10 heteroatoms. The Labute approximate surface area is 187 Å². The first-order valence-corrected chi connectivity index (χ1v) is 10.3. The summed E-state index contributed by atoms with van der Waals surface area (Å²) in [5.41, 5.74) is -0.378. The largest absolute Gasteiger partial charge is 0.508 e. The summed E-state index contributed by atoms with van der Waals surface area (Å²) in [6.45, 7) is 0.209. The lowest BCUT2D eigenvalue weighted by molar-refractivity contribution is -0.138. The summed E-state index contributed by atoms with van der Waals surface area (Å²) in [7, 11) is 0. The molecule has 0 spiro atoms. The summed E-state index contributed by atoms with van der Waals surface area (Å²) in [5, 5.41) is 12.3. The topological polar surface area (TPSA) is 95.9 Å². The molecule has 2 fully saturated rings. The number of carbonyl (C=O) groups is 3. The lowest BCUT2D eigenvalue weighted by Gasteiger charge is -2.27. The van der Waals surface area contributed by atoms with E-state index < -0.39 is 35.6 Å². The normalized spacial score (nSPS) is 21.1. The van der Waals surface area contributed by atoms with Crippen LogP contribution in [0.3, 0.4) is 0 Å². The molecule has 7 nitrogen and oxygen atoms in total. The molecular weight excluding hydrogens is 441 g/mol. The van der Waals surface area contributed by atoms with E-state index in [4.69, 9.17) is 4.74 Å². The van der Waals surface area contributed by atoms with Crippen molar-refractivity contribution in [2.24, 2.45) is 0 Å². The number of aromatic hydroxyl groups is 1. The Morgan fingerprint density at radius 2 is 1.91 bits per heavy atom. The molecule has 2 amide bonds. The molecule has 2 aromatic carbocycles. The maximum Gasteiger partial charge on any atom is 0.416 e. The van der Waals surface area contributed by atoms with Crippen LogP contribution in [0.1, 0.15) is 27.9 Å². The summed E-state index contributed by atoms with van der Waals surface area (Å²) in [6, 6.07) is 8.00. The van der Waals surface area contributed by atoms with Gasteiger partial charge in [0.25, 0.3) is 5.91 Å². The highest BCUT2D eigenvalue weighted by atomic mass is 19.4. The number of phenols is 1. The van der Waals surface area contributed by atoms with Gasteiger partial charge in [-0.2, -0.15) is 13.2 Å². The minimum absolute atomic E-state index is 0.0164. The van der Waals surface area contributed by atoms with Crippen LogP contribution >= 0.6 is 0 Å². The Hall–Kier alpha value is -3.40. The minimum atomic E-state index is -4.54. The third-order valence-corrected chi connectivity index (χ3v) is 5.82. The lowest BCUT2D eigenvalue weighted by atomic mass is 10.0. The third kappa shape index (κ3) is 4.85. The number of carbonyl (C=O) groups excluding carboxylic acids is 3. The standard InChI is InChI=1S/C23H21F3N2O5/c24-23(25,26)15-6-4-14(5-7-15)21(31)27-17(11-13-2-1-3-16(29)10-13)22(32)28-9-8-19-20(28)18(30)12-33-19/h1-7,10,17,19-20,29H,8-9,11-12H2,(H,27,31). The molecule has 0 radical (unpaired) electrons. The van der Waals surface area contributed by atoms with Crippen molar-refractivity contribution in [3.05, 3.63) is 65.2 Å². The molecule has 0 aromatic heterocycles. The number of rotatable bonds is 5. The Kier molecular flexibility index (Phi) is 6.11. The molecule has 0 aliphatic carbocycles. The predicted molar refractivity (Wildman–Crippen MR) is 109 cm³/mol. The quantitative estimate of drug-likeness (QED) is 0.711. The second kappa shape index (κ2) is 8.86. The van der Waals surface area contributed by atoms with Crippen molar-refractivity contribution < 1.29 is 37.4 Å². The Balaban J connectivity index is 1.56. The van der Waals surface area contributed by atoms with Crippen molar-refractivity contribution in [3.8, 4) is 5.75 Å². The first-order valence-electron chi connectivity index (χ1n) is 10.3. The van der Waals surface area contributed by atoms with Crippen molar-refractivity contribution in [1.29, 1.82) is 0 Å². The summed E-state index contributed by atoms with van der Waals surface area (Å²) >= 11 is 0. The molecule has 2 N–H and O–H groups in total. The number of fused-ring (bicyclic) bond motifs is 1. The molecule has 0 saturated carbocycles. The summed E-state index contributed by atoms with van der Waals surface area (Å²) in [5.74, 6) is -1.46. The fraction of sp³-hybridized carbons (Fsp3) is 0.348. The number of alkyl halides is 3. The second-order valence-corrected chi connectivity index (χ2v) is 8.06. The smallest absolute Gasteiger partial charge is 0.416 e. The zero-order valence-corrected chi connectivity index (χ0v) is 17.3. The van der Waals surface area contributed by atoms with Crippen molar-refractivity contribution in [2.75, 3.05) is 13.2 Å². The van der Waals surface area contributed by atoms with E-state index in [2.05, 4.69) is 5.32 Å². The highest BCUT2D eigenvalue weighted by Gasteiger charge is 2.48. The molecule has 0 bridgehead atoms. The number of ether oxygens (including phenoxy) is 1. The van der Waals surface area contributed by atoms with Gasteiger partial charge < -0.3 is 20.1 Å². The van der Waals surface area contributed by atoms with Crippen molar-refractivity contribution in [2.45, 2.75) is 37.2 Å². The third-order valence-electron chi connectivity index (χ3n) is 5.82. The fourth-order valence-corrected chi connectivity index (χ4v) is 4.21. The van der Waals surface area contributed by atoms with Gasteiger partial charge in [-0.3, -0.25) is 14.4 Å². The number of phenolic OH excluding ortho intramolecular Hbond substituents is 1. The first-order chi connectivity index (χ1) is 15.6. The van der Waals surface area contributed by atoms with E-state index in [9.17, 15) is 32.7 Å². The number of hydrogen-bond acceptors (Lipinski definition) is 5. The van der Waals surface area contributed by atoms with E-state index in [1.165, 1.54) is 17.0 Å². The van der Waals surface area contributed by atoms with Gasteiger partial charge in [-0.05, 0) is 48.4 Å². The number of nitrogens with one attached hydrogen (secondary N) is 1. The number of Topliss-reactive ketones (excluding diaryl/α,β-unsaturated/α-hetero) is 1. The molecule has 33 heavy (non-hydrogen) atoms. The second-order valence-electron chi connectivity index (χ2n) is 8.06. The van der Waals surface area contributed by atoms with Gasteiger partial charge in [-0.1, -0.05) is 12.1 Å². The van der Waals surface area contributed by atoms with Gasteiger partial charge in [-0.25, -0.2) is 0 Å². The summed E-state index contributed by atoms with van der Waals surface area (Å²) < 4.78 is 43.9. The van der Waals surface area contributed by atoms with Crippen molar-refractivity contribution >= 4 is 17.6 Å². The van der Waals surface area contributed by atoms with Gasteiger partial charge >= 0.3 is 6.18 Å². The van der Waals surface area contributed by atoms with Crippen LogP contribution in [-0.4, -0.2) is 58.9 Å². The summed E-state index contributed by atoms with van der Waals surface area (Å²) in [6.07, 6.45) is -4.41. The number of ketones is 1. The van der Waals surface area contributed by atoms with Crippen LogP contribution < -0.4 is 5.32 Å². The fourth-order valence-electron chi connectivity index (χ4n) is 4.21. The van der Waals surface area contributed by atoms with Crippen LogP contribution in [0.5, 0.6) is 5.75 Å². The molecule has 3 atom stereocenters. The van der Waals surface area contributed by atoms with Crippen LogP contribution in [0, 0.1) is 0 Å². The van der Waals surface area contributed by atoms with Crippen LogP contribution in [0.2, 0.25) is 0 Å². The van der Waals surface area contributed by atoms with Crippen LogP contribution in [0.4, 0.5) is 13.2 Å². The van der Waals surface area contributed by atoms with Gasteiger partial charge in [0.05, 0.1) is 11.7 Å². The Bertz CT molecular complexity index is 1070. The average molecular weight is 462 g/mol. The number of nitrogens with zero attached hydrogens (tertiary/aromatic N) is 1. The Morgan fingerprint density at radius 3 is 2.58 bits per heavy atom. The van der Waals surface area contributed by atoms with Gasteiger partial charge in [0.2, 0.25) is 5.91 Å². The van der Waals surface area contributed by atoms with Gasteiger partial charge in [-0.15, -0.1) is 0 Å². The molecule has 3 unspecified atom stereocenters. The SMILES string of the molecule is O=C(NC(Cc1cccc(O)c1)C(=O)N1CCC2OCC(=O)C21)c1ccc(C(F)(F)F)cc1. The monoisotopic (exact) mass is 462 g/mol. The molecular formula is C23H21F3N2O5.